The number of pyridine rings is 1. The van der Waals surface area contributed by atoms with Crippen LogP contribution in [0.25, 0.3) is 5.57 Å². The van der Waals surface area contributed by atoms with Crippen LogP contribution in [0.3, 0.4) is 0 Å². The molecule has 1 heterocycles. The van der Waals surface area contributed by atoms with Crippen LogP contribution in [0, 0.1) is 5.92 Å². The first-order chi connectivity index (χ1) is 18.4. The first-order valence-corrected chi connectivity index (χ1v) is 16.2. The van der Waals surface area contributed by atoms with Gasteiger partial charge in [0.15, 0.2) is 0 Å². The third-order valence-electron chi connectivity index (χ3n) is 10.3. The molecule has 5 aliphatic carbocycles. The fraction of sp³-hybridized carbons (Fsp3) is 0.639. The summed E-state index contributed by atoms with van der Waals surface area (Å²) in [6, 6.07) is 0. The van der Waals surface area contributed by atoms with Gasteiger partial charge in [0.05, 0.1) is 5.69 Å². The molecule has 1 heteroatoms. The SMILES string of the molecule is C1=C\C=C/C2=C(\C=C/1)c1c(nc3c4c1CCCCCCCC4CCCCC3)C1CCCCCCCCC21. The van der Waals surface area contributed by atoms with E-state index in [4.69, 9.17) is 4.98 Å². The van der Waals surface area contributed by atoms with Gasteiger partial charge in [-0.3, -0.25) is 4.98 Å². The van der Waals surface area contributed by atoms with Crippen molar-refractivity contribution in [2.45, 2.75) is 140 Å². The van der Waals surface area contributed by atoms with Crippen molar-refractivity contribution < 1.29 is 0 Å². The fourth-order valence-electron chi connectivity index (χ4n) is 8.46. The lowest BCUT2D eigenvalue weighted by atomic mass is 9.66. The lowest BCUT2D eigenvalue weighted by Crippen LogP contribution is -2.27. The van der Waals surface area contributed by atoms with E-state index < -0.39 is 0 Å². The van der Waals surface area contributed by atoms with E-state index in [1.807, 2.05) is 0 Å². The number of rotatable bonds is 0. The lowest BCUT2D eigenvalue weighted by molar-refractivity contribution is 0.373. The molecule has 6 rings (SSSR count). The zero-order chi connectivity index (χ0) is 24.9. The number of allylic oxidation sites excluding steroid dienone is 8. The Hall–Kier alpha value is -1.89. The van der Waals surface area contributed by atoms with Crippen LogP contribution >= 0.6 is 0 Å². The van der Waals surface area contributed by atoms with Crippen molar-refractivity contribution in [1.29, 1.82) is 0 Å². The number of nitrogens with zero attached hydrogens (tertiary/aromatic N) is 1. The van der Waals surface area contributed by atoms with E-state index in [0.717, 1.165) is 5.92 Å². The molecule has 37 heavy (non-hydrogen) atoms. The van der Waals surface area contributed by atoms with Crippen molar-refractivity contribution in [3.8, 4) is 0 Å². The van der Waals surface area contributed by atoms with Gasteiger partial charge in [-0.2, -0.15) is 0 Å². The third-order valence-corrected chi connectivity index (χ3v) is 10.3. The van der Waals surface area contributed by atoms with Crippen molar-refractivity contribution in [2.75, 3.05) is 0 Å². The molecule has 1 aromatic rings. The maximum Gasteiger partial charge on any atom is 0.0525 e. The Morgan fingerprint density at radius 3 is 1.92 bits per heavy atom. The van der Waals surface area contributed by atoms with Gasteiger partial charge in [0.2, 0.25) is 0 Å². The van der Waals surface area contributed by atoms with Gasteiger partial charge >= 0.3 is 0 Å². The highest BCUT2D eigenvalue weighted by atomic mass is 14.8. The Labute approximate surface area is 226 Å². The molecule has 0 aliphatic heterocycles. The van der Waals surface area contributed by atoms with Crippen LogP contribution in [0.5, 0.6) is 0 Å². The molecule has 3 atom stereocenters. The van der Waals surface area contributed by atoms with Crippen molar-refractivity contribution in [3.63, 3.8) is 0 Å². The molecular weight excluding hydrogens is 446 g/mol. The van der Waals surface area contributed by atoms with Gasteiger partial charge < -0.3 is 0 Å². The van der Waals surface area contributed by atoms with Gasteiger partial charge in [-0.25, -0.2) is 0 Å². The van der Waals surface area contributed by atoms with Gasteiger partial charge in [-0.05, 0) is 85.5 Å². The number of fused-ring (bicyclic) bond motifs is 6. The second kappa shape index (κ2) is 12.3. The highest BCUT2D eigenvalue weighted by Crippen LogP contribution is 2.51. The molecule has 198 valence electrons. The number of aryl methyl sites for hydroxylation is 1. The van der Waals surface area contributed by atoms with Gasteiger partial charge in [0.25, 0.3) is 0 Å². The van der Waals surface area contributed by atoms with Crippen LogP contribution in [0.1, 0.15) is 155 Å². The smallest absolute Gasteiger partial charge is 0.0525 e. The molecule has 1 saturated carbocycles. The van der Waals surface area contributed by atoms with Gasteiger partial charge in [-0.1, -0.05) is 114 Å². The average Bonchev–Trinajstić information content (AvgIpc) is 2.88. The number of hydrogen-bond acceptors (Lipinski definition) is 1. The van der Waals surface area contributed by atoms with Crippen molar-refractivity contribution in [1.82, 2.24) is 4.98 Å². The maximum atomic E-state index is 5.82. The van der Waals surface area contributed by atoms with Crippen LogP contribution in [-0.2, 0) is 12.8 Å². The first-order valence-electron chi connectivity index (χ1n) is 16.2. The second-order valence-corrected chi connectivity index (χ2v) is 12.7. The fourth-order valence-corrected chi connectivity index (χ4v) is 8.46. The molecule has 5 aliphatic rings. The van der Waals surface area contributed by atoms with Crippen LogP contribution in [0.2, 0.25) is 0 Å². The minimum Gasteiger partial charge on any atom is -0.257 e. The molecule has 1 aromatic heterocycles. The normalized spacial score (nSPS) is 31.5. The summed E-state index contributed by atoms with van der Waals surface area (Å²) in [6.07, 6.45) is 41.5. The molecule has 0 aromatic carbocycles. The number of aromatic nitrogens is 1. The van der Waals surface area contributed by atoms with Crippen LogP contribution in [0.15, 0.2) is 42.0 Å². The summed E-state index contributed by atoms with van der Waals surface area (Å²) in [5.41, 5.74) is 11.3. The predicted molar refractivity (Wildman–Crippen MR) is 158 cm³/mol. The molecule has 3 unspecified atom stereocenters. The van der Waals surface area contributed by atoms with E-state index in [1.165, 1.54) is 145 Å². The zero-order valence-electron chi connectivity index (χ0n) is 23.3. The lowest BCUT2D eigenvalue weighted by Gasteiger charge is -2.39. The zero-order valence-corrected chi connectivity index (χ0v) is 23.3. The van der Waals surface area contributed by atoms with Crippen LogP contribution < -0.4 is 0 Å². The van der Waals surface area contributed by atoms with Gasteiger partial charge in [0, 0.05) is 17.2 Å². The average molecular weight is 496 g/mol. The van der Waals surface area contributed by atoms with E-state index in [1.54, 1.807) is 22.3 Å². The second-order valence-electron chi connectivity index (χ2n) is 12.7. The standard InChI is InChI=1S/C36H49N/c1-2-6-16-24-31-29(22-13-5-1)28-21-14-8-9-15-23-30(28)35-32-25-17-7-3-4-11-19-27-20-12-10-18-26-33(34(27)32)37-36(31)35/h8-9,14-15,21,23,27,29,31H,1-7,10-13,16-20,22,24-26H2/b9-8-,14-8?,15-9?,21-14-,23-15-,28-21?,30-23?. The highest BCUT2D eigenvalue weighted by molar-refractivity contribution is 5.85. The van der Waals surface area contributed by atoms with E-state index in [9.17, 15) is 0 Å². The number of hydrogen-bond donors (Lipinski definition) is 0. The van der Waals surface area contributed by atoms with E-state index in [0.29, 0.717) is 11.8 Å². The summed E-state index contributed by atoms with van der Waals surface area (Å²) in [7, 11) is 0. The Morgan fingerprint density at radius 2 is 1.14 bits per heavy atom. The topological polar surface area (TPSA) is 12.9 Å². The third kappa shape index (κ3) is 5.48. The van der Waals surface area contributed by atoms with Crippen LogP contribution in [0.4, 0.5) is 0 Å². The molecule has 0 saturated heterocycles. The summed E-state index contributed by atoms with van der Waals surface area (Å²) >= 11 is 0. The Kier molecular flexibility index (Phi) is 8.45. The van der Waals surface area contributed by atoms with E-state index in [2.05, 4.69) is 36.5 Å². The Balaban J connectivity index is 1.58. The summed E-state index contributed by atoms with van der Waals surface area (Å²) < 4.78 is 0. The monoisotopic (exact) mass is 495 g/mol. The minimum atomic E-state index is 0.606. The molecule has 0 N–H and O–H groups in total. The van der Waals surface area contributed by atoms with Crippen molar-refractivity contribution >= 4 is 5.57 Å². The summed E-state index contributed by atoms with van der Waals surface area (Å²) in [4.78, 5) is 5.82. The minimum absolute atomic E-state index is 0.606. The molecule has 1 nitrogen and oxygen atoms in total. The van der Waals surface area contributed by atoms with Crippen LogP contribution in [-0.4, -0.2) is 4.98 Å². The Morgan fingerprint density at radius 1 is 0.541 bits per heavy atom. The van der Waals surface area contributed by atoms with Gasteiger partial charge in [0.1, 0.15) is 0 Å². The Bertz CT molecular complexity index is 1070. The molecule has 0 spiro atoms. The van der Waals surface area contributed by atoms with Crippen molar-refractivity contribution in [3.05, 3.63) is 70.1 Å². The van der Waals surface area contributed by atoms with E-state index >= 15 is 0 Å². The summed E-state index contributed by atoms with van der Waals surface area (Å²) in [5.74, 6) is 1.98. The molecule has 1 fully saturated rings. The first kappa shape index (κ1) is 25.4. The predicted octanol–water partition coefficient (Wildman–Crippen LogP) is 10.5. The van der Waals surface area contributed by atoms with Crippen molar-refractivity contribution in [2.24, 2.45) is 5.92 Å². The van der Waals surface area contributed by atoms with Gasteiger partial charge in [-0.15, -0.1) is 0 Å². The van der Waals surface area contributed by atoms with E-state index in [-0.39, 0.29) is 0 Å². The molecule has 0 bridgehead atoms. The molecule has 0 amide bonds. The molecule has 0 radical (unpaired) electrons. The largest absolute Gasteiger partial charge is 0.257 e. The maximum absolute atomic E-state index is 5.82. The quantitative estimate of drug-likeness (QED) is 0.349. The highest BCUT2D eigenvalue weighted by Gasteiger charge is 2.38. The summed E-state index contributed by atoms with van der Waals surface area (Å²) in [6.45, 7) is 0. The summed E-state index contributed by atoms with van der Waals surface area (Å²) in [5, 5.41) is 0. The molecular formula is C36H49N.